The summed E-state index contributed by atoms with van der Waals surface area (Å²) in [5.74, 6) is 1.38. The summed E-state index contributed by atoms with van der Waals surface area (Å²) < 4.78 is 24.0. The molecule has 3 nitrogen and oxygen atoms in total. The molecule has 0 aromatic heterocycles. The van der Waals surface area contributed by atoms with Crippen molar-refractivity contribution in [3.8, 4) is 11.5 Å². The molecule has 2 aromatic carbocycles. The first-order valence-corrected chi connectivity index (χ1v) is 6.46. The minimum absolute atomic E-state index is 0.203. The lowest BCUT2D eigenvalue weighted by molar-refractivity contribution is 0.331. The van der Waals surface area contributed by atoms with Gasteiger partial charge in [0.2, 0.25) is 0 Å². The second kappa shape index (κ2) is 6.80. The molecule has 2 aromatic rings. The van der Waals surface area contributed by atoms with Crippen molar-refractivity contribution in [1.82, 2.24) is 0 Å². The van der Waals surface area contributed by atoms with E-state index in [2.05, 4.69) is 5.32 Å². The summed E-state index contributed by atoms with van der Waals surface area (Å²) >= 11 is 0. The first-order valence-electron chi connectivity index (χ1n) is 6.46. The highest BCUT2D eigenvalue weighted by molar-refractivity contribution is 5.50. The molecule has 0 saturated heterocycles. The van der Waals surface area contributed by atoms with E-state index in [0.29, 0.717) is 18.7 Å². The molecule has 0 heterocycles. The fraction of sp³-hybridized carbons (Fsp3) is 0.250. The molecule has 0 aliphatic carbocycles. The van der Waals surface area contributed by atoms with Crippen LogP contribution in [0.15, 0.2) is 42.5 Å². The fourth-order valence-electron chi connectivity index (χ4n) is 1.83. The molecule has 0 aliphatic rings. The van der Waals surface area contributed by atoms with Gasteiger partial charge in [0.15, 0.2) is 0 Å². The SMILES string of the molecule is COc1ccc(OCCNc2cccc(F)c2C)cc1. The van der Waals surface area contributed by atoms with Crippen LogP contribution in [-0.4, -0.2) is 20.3 Å². The summed E-state index contributed by atoms with van der Waals surface area (Å²) in [6.45, 7) is 2.86. The summed E-state index contributed by atoms with van der Waals surface area (Å²) in [6, 6.07) is 12.4. The highest BCUT2D eigenvalue weighted by Crippen LogP contribution is 2.18. The van der Waals surface area contributed by atoms with Crippen molar-refractivity contribution in [1.29, 1.82) is 0 Å². The summed E-state index contributed by atoms with van der Waals surface area (Å²) in [5, 5.41) is 3.16. The maximum Gasteiger partial charge on any atom is 0.128 e. The van der Waals surface area contributed by atoms with E-state index >= 15 is 0 Å². The predicted octanol–water partition coefficient (Wildman–Crippen LogP) is 3.63. The lowest BCUT2D eigenvalue weighted by Crippen LogP contribution is -2.12. The van der Waals surface area contributed by atoms with Gasteiger partial charge < -0.3 is 14.8 Å². The molecule has 1 N–H and O–H groups in total. The first kappa shape index (κ1) is 14.2. The van der Waals surface area contributed by atoms with Gasteiger partial charge in [-0.2, -0.15) is 0 Å². The number of nitrogens with one attached hydrogen (secondary N) is 1. The second-order valence-electron chi connectivity index (χ2n) is 4.36. The van der Waals surface area contributed by atoms with Crippen LogP contribution in [0.5, 0.6) is 11.5 Å². The van der Waals surface area contributed by atoms with Crippen molar-refractivity contribution in [2.24, 2.45) is 0 Å². The molecule has 0 spiro atoms. The number of ether oxygens (including phenoxy) is 2. The van der Waals surface area contributed by atoms with E-state index in [-0.39, 0.29) is 5.82 Å². The van der Waals surface area contributed by atoms with Crippen molar-refractivity contribution in [2.75, 3.05) is 25.6 Å². The molecule has 0 atom stereocenters. The summed E-state index contributed by atoms with van der Waals surface area (Å²) in [7, 11) is 1.63. The summed E-state index contributed by atoms with van der Waals surface area (Å²) in [4.78, 5) is 0. The van der Waals surface area contributed by atoms with Gasteiger partial charge in [-0.1, -0.05) is 6.07 Å². The van der Waals surface area contributed by atoms with Gasteiger partial charge in [-0.05, 0) is 43.3 Å². The standard InChI is InChI=1S/C16H18FNO2/c1-12-15(17)4-3-5-16(12)18-10-11-20-14-8-6-13(19-2)7-9-14/h3-9,18H,10-11H2,1-2H3. The average Bonchev–Trinajstić information content (AvgIpc) is 2.48. The Morgan fingerprint density at radius 1 is 1.05 bits per heavy atom. The van der Waals surface area contributed by atoms with Gasteiger partial charge in [-0.25, -0.2) is 4.39 Å². The molecule has 0 radical (unpaired) electrons. The summed E-state index contributed by atoms with van der Waals surface area (Å²) in [6.07, 6.45) is 0. The van der Waals surface area contributed by atoms with E-state index in [9.17, 15) is 4.39 Å². The molecule has 4 heteroatoms. The molecular weight excluding hydrogens is 257 g/mol. The second-order valence-corrected chi connectivity index (χ2v) is 4.36. The number of anilines is 1. The van der Waals surface area contributed by atoms with Crippen LogP contribution < -0.4 is 14.8 Å². The molecule has 0 amide bonds. The zero-order valence-corrected chi connectivity index (χ0v) is 11.7. The number of methoxy groups -OCH3 is 1. The molecule has 0 aliphatic heterocycles. The number of halogens is 1. The third-order valence-corrected chi connectivity index (χ3v) is 3.01. The Labute approximate surface area is 118 Å². The normalized spacial score (nSPS) is 10.2. The highest BCUT2D eigenvalue weighted by atomic mass is 19.1. The Kier molecular flexibility index (Phi) is 4.82. The van der Waals surface area contributed by atoms with Gasteiger partial charge in [0.25, 0.3) is 0 Å². The Morgan fingerprint density at radius 3 is 2.45 bits per heavy atom. The van der Waals surface area contributed by atoms with Crippen molar-refractivity contribution < 1.29 is 13.9 Å². The molecule has 20 heavy (non-hydrogen) atoms. The van der Waals surface area contributed by atoms with Gasteiger partial charge in [0.1, 0.15) is 23.9 Å². The number of hydrogen-bond acceptors (Lipinski definition) is 3. The van der Waals surface area contributed by atoms with E-state index in [0.717, 1.165) is 17.2 Å². The van der Waals surface area contributed by atoms with Crippen LogP contribution in [0.25, 0.3) is 0 Å². The third-order valence-electron chi connectivity index (χ3n) is 3.01. The van der Waals surface area contributed by atoms with Crippen molar-refractivity contribution >= 4 is 5.69 Å². The zero-order valence-electron chi connectivity index (χ0n) is 11.7. The van der Waals surface area contributed by atoms with E-state index < -0.39 is 0 Å². The van der Waals surface area contributed by atoms with E-state index in [1.165, 1.54) is 6.07 Å². The Bertz CT molecular complexity index is 555. The van der Waals surface area contributed by atoms with Crippen LogP contribution in [-0.2, 0) is 0 Å². The largest absolute Gasteiger partial charge is 0.497 e. The van der Waals surface area contributed by atoms with E-state index in [1.54, 1.807) is 20.1 Å². The molecular formula is C16H18FNO2. The Balaban J connectivity index is 1.80. The minimum Gasteiger partial charge on any atom is -0.497 e. The summed E-state index contributed by atoms with van der Waals surface area (Å²) in [5.41, 5.74) is 1.42. The van der Waals surface area contributed by atoms with Gasteiger partial charge in [-0.3, -0.25) is 0 Å². The predicted molar refractivity (Wildman–Crippen MR) is 78.1 cm³/mol. The van der Waals surface area contributed by atoms with Crippen LogP contribution in [0, 0.1) is 12.7 Å². The van der Waals surface area contributed by atoms with Crippen molar-refractivity contribution in [3.63, 3.8) is 0 Å². The van der Waals surface area contributed by atoms with Crippen molar-refractivity contribution in [2.45, 2.75) is 6.92 Å². The minimum atomic E-state index is -0.203. The van der Waals surface area contributed by atoms with Crippen LogP contribution >= 0.6 is 0 Å². The molecule has 0 saturated carbocycles. The lowest BCUT2D eigenvalue weighted by Gasteiger charge is -2.11. The van der Waals surface area contributed by atoms with E-state index in [1.807, 2.05) is 30.3 Å². The monoisotopic (exact) mass is 275 g/mol. The maximum absolute atomic E-state index is 13.3. The Morgan fingerprint density at radius 2 is 1.75 bits per heavy atom. The fourth-order valence-corrected chi connectivity index (χ4v) is 1.83. The van der Waals surface area contributed by atoms with Crippen LogP contribution in [0.1, 0.15) is 5.56 Å². The Hall–Kier alpha value is -2.23. The molecule has 0 fully saturated rings. The molecule has 0 unspecified atom stereocenters. The van der Waals surface area contributed by atoms with Gasteiger partial charge in [0.05, 0.1) is 7.11 Å². The quantitative estimate of drug-likeness (QED) is 0.817. The van der Waals surface area contributed by atoms with Crippen LogP contribution in [0.2, 0.25) is 0 Å². The average molecular weight is 275 g/mol. The van der Waals surface area contributed by atoms with Gasteiger partial charge in [-0.15, -0.1) is 0 Å². The van der Waals surface area contributed by atoms with Crippen molar-refractivity contribution in [3.05, 3.63) is 53.8 Å². The van der Waals surface area contributed by atoms with Crippen LogP contribution in [0.3, 0.4) is 0 Å². The van der Waals surface area contributed by atoms with Gasteiger partial charge >= 0.3 is 0 Å². The third kappa shape index (κ3) is 3.63. The zero-order chi connectivity index (χ0) is 14.4. The maximum atomic E-state index is 13.3. The number of rotatable bonds is 6. The highest BCUT2D eigenvalue weighted by Gasteiger charge is 2.02. The topological polar surface area (TPSA) is 30.5 Å². The van der Waals surface area contributed by atoms with Crippen LogP contribution in [0.4, 0.5) is 10.1 Å². The molecule has 0 bridgehead atoms. The smallest absolute Gasteiger partial charge is 0.128 e. The van der Waals surface area contributed by atoms with Gasteiger partial charge in [0, 0.05) is 17.8 Å². The van der Waals surface area contributed by atoms with E-state index in [4.69, 9.17) is 9.47 Å². The number of benzene rings is 2. The number of hydrogen-bond donors (Lipinski definition) is 1. The molecule has 106 valence electrons. The lowest BCUT2D eigenvalue weighted by atomic mass is 10.2. The molecule has 2 rings (SSSR count). The first-order chi connectivity index (χ1) is 9.70.